The van der Waals surface area contributed by atoms with Crippen LogP contribution in [-0.2, 0) is 16.7 Å². The number of carbonyl (C=O) groups excluding carboxylic acids is 2. The largest absolute Gasteiger partial charge is 0.491 e. The van der Waals surface area contributed by atoms with E-state index in [1.807, 2.05) is 52.1 Å². The molecule has 1 aliphatic heterocycles. The molecule has 0 spiro atoms. The summed E-state index contributed by atoms with van der Waals surface area (Å²) in [5.41, 5.74) is 3.90. The number of pyridine rings is 1. The number of hydrogen-bond acceptors (Lipinski definition) is 5. The molecule has 2 aliphatic rings. The third kappa shape index (κ3) is 5.33. The van der Waals surface area contributed by atoms with E-state index in [9.17, 15) is 9.59 Å². The number of benzene rings is 2. The van der Waals surface area contributed by atoms with Gasteiger partial charge < -0.3 is 19.7 Å². The van der Waals surface area contributed by atoms with Gasteiger partial charge in [0.2, 0.25) is 0 Å². The number of fused-ring (bicyclic) bond motifs is 1. The molecule has 200 valence electrons. The van der Waals surface area contributed by atoms with Crippen molar-refractivity contribution in [1.82, 2.24) is 15.2 Å². The minimum atomic E-state index is -0.531. The Morgan fingerprint density at radius 1 is 1.16 bits per heavy atom. The van der Waals surface area contributed by atoms with Crippen molar-refractivity contribution in [3.8, 4) is 5.75 Å². The third-order valence-electron chi connectivity index (χ3n) is 7.48. The van der Waals surface area contributed by atoms with Crippen molar-refractivity contribution < 1.29 is 19.1 Å². The maximum absolute atomic E-state index is 13.6. The topological polar surface area (TPSA) is 80.8 Å². The van der Waals surface area contributed by atoms with Crippen molar-refractivity contribution in [3.63, 3.8) is 0 Å². The molecule has 0 radical (unpaired) electrons. The van der Waals surface area contributed by atoms with E-state index < -0.39 is 5.60 Å². The Balaban J connectivity index is 1.29. The van der Waals surface area contributed by atoms with E-state index in [0.717, 1.165) is 47.7 Å². The Bertz CT molecular complexity index is 1370. The molecule has 2 amide bonds. The predicted octanol–water partition coefficient (Wildman–Crippen LogP) is 5.91. The van der Waals surface area contributed by atoms with Crippen molar-refractivity contribution in [2.24, 2.45) is 0 Å². The summed E-state index contributed by atoms with van der Waals surface area (Å²) in [5, 5.41) is 4.44. The fraction of sp³-hybridized carbons (Fsp3) is 0.452. The molecule has 3 aromatic rings. The van der Waals surface area contributed by atoms with Crippen LogP contribution in [0.4, 0.5) is 4.79 Å². The highest BCUT2D eigenvalue weighted by Gasteiger charge is 2.47. The van der Waals surface area contributed by atoms with Gasteiger partial charge in [-0.2, -0.15) is 0 Å². The highest BCUT2D eigenvalue weighted by Crippen LogP contribution is 2.48. The molecule has 1 atom stereocenters. The number of likely N-dealkylation sites (tertiary alicyclic amines) is 1. The molecule has 7 nitrogen and oxygen atoms in total. The number of nitrogens with one attached hydrogen (secondary N) is 1. The second kappa shape index (κ2) is 9.93. The van der Waals surface area contributed by atoms with Crippen molar-refractivity contribution >= 4 is 22.9 Å². The summed E-state index contributed by atoms with van der Waals surface area (Å²) in [4.78, 5) is 32.3. The first-order chi connectivity index (χ1) is 18.1. The van der Waals surface area contributed by atoms with Crippen LogP contribution < -0.4 is 10.1 Å². The van der Waals surface area contributed by atoms with Crippen LogP contribution in [-0.4, -0.2) is 46.7 Å². The van der Waals surface area contributed by atoms with Crippen LogP contribution in [0.2, 0.25) is 0 Å². The summed E-state index contributed by atoms with van der Waals surface area (Å²) in [6.45, 7) is 10.7. The Kier molecular flexibility index (Phi) is 6.80. The minimum Gasteiger partial charge on any atom is -0.491 e. The van der Waals surface area contributed by atoms with Crippen LogP contribution in [0.5, 0.6) is 5.75 Å². The summed E-state index contributed by atoms with van der Waals surface area (Å²) in [7, 11) is 0. The molecule has 1 aromatic heterocycles. The molecule has 38 heavy (non-hydrogen) atoms. The number of aromatic nitrogens is 1. The van der Waals surface area contributed by atoms with Gasteiger partial charge in [0.05, 0.1) is 17.1 Å². The number of carbonyl (C=O) groups is 2. The second-order valence-electron chi connectivity index (χ2n) is 11.5. The highest BCUT2D eigenvalue weighted by molar-refractivity contribution is 5.97. The highest BCUT2D eigenvalue weighted by atomic mass is 16.6. The van der Waals surface area contributed by atoms with Crippen molar-refractivity contribution in [1.29, 1.82) is 0 Å². The smallest absolute Gasteiger partial charge is 0.410 e. The van der Waals surface area contributed by atoms with Gasteiger partial charge in [-0.15, -0.1) is 0 Å². The lowest BCUT2D eigenvalue weighted by molar-refractivity contribution is -0.0141. The van der Waals surface area contributed by atoms with Crippen LogP contribution >= 0.6 is 0 Å². The van der Waals surface area contributed by atoms with E-state index in [1.165, 1.54) is 5.56 Å². The lowest BCUT2D eigenvalue weighted by Gasteiger charge is -2.41. The molecule has 2 heterocycles. The Morgan fingerprint density at radius 3 is 2.61 bits per heavy atom. The number of hydrogen-bond donors (Lipinski definition) is 1. The van der Waals surface area contributed by atoms with Crippen LogP contribution in [0, 0.1) is 6.92 Å². The Morgan fingerprint density at radius 2 is 1.95 bits per heavy atom. The van der Waals surface area contributed by atoms with E-state index in [4.69, 9.17) is 9.47 Å². The number of amides is 2. The second-order valence-corrected chi connectivity index (χ2v) is 11.5. The molecule has 1 saturated carbocycles. The maximum atomic E-state index is 13.6. The van der Waals surface area contributed by atoms with Gasteiger partial charge in [-0.25, -0.2) is 4.79 Å². The molecule has 7 heteroatoms. The molecule has 0 unspecified atom stereocenters. The van der Waals surface area contributed by atoms with E-state index in [2.05, 4.69) is 35.4 Å². The van der Waals surface area contributed by atoms with E-state index >= 15 is 0 Å². The monoisotopic (exact) mass is 515 g/mol. The first-order valence-electron chi connectivity index (χ1n) is 13.5. The fourth-order valence-electron chi connectivity index (χ4n) is 5.02. The third-order valence-corrected chi connectivity index (χ3v) is 7.48. The molecule has 0 bridgehead atoms. The molecular formula is C31H37N3O4. The van der Waals surface area contributed by atoms with Gasteiger partial charge in [0.25, 0.3) is 5.91 Å². The van der Waals surface area contributed by atoms with Crippen LogP contribution in [0.3, 0.4) is 0 Å². The SMILES string of the molecule is CCc1cc(C2(NC(=O)c3cc(OC[C@@H]4CCN4C(=O)OC(C)(C)C)ccc3C)CC2)c2cccnc2c1. The normalized spacial score (nSPS) is 18.0. The average Bonchev–Trinajstić information content (AvgIpc) is 3.62. The molecule has 2 fully saturated rings. The van der Waals surface area contributed by atoms with Crippen molar-refractivity contribution in [3.05, 3.63) is 70.9 Å². The molecule has 1 aliphatic carbocycles. The Labute approximate surface area is 224 Å². The number of aryl methyl sites for hydroxylation is 2. The van der Waals surface area contributed by atoms with Gasteiger partial charge in [0, 0.05) is 23.7 Å². The number of ether oxygens (including phenoxy) is 2. The van der Waals surface area contributed by atoms with Gasteiger partial charge in [-0.1, -0.05) is 25.1 Å². The fourth-order valence-corrected chi connectivity index (χ4v) is 5.02. The summed E-state index contributed by atoms with van der Waals surface area (Å²) in [6, 6.07) is 13.9. The van der Waals surface area contributed by atoms with E-state index in [-0.39, 0.29) is 23.6 Å². The average molecular weight is 516 g/mol. The standard InChI is InChI=1S/C31H37N3O4/c1-6-21-16-26(24-8-7-14-32-27(24)17-21)31(12-13-31)33-28(35)25-18-23(10-9-20(25)2)37-19-22-11-15-34(22)29(36)38-30(3,4)5/h7-10,14,16-18,22H,6,11-13,15,19H2,1-5H3,(H,33,35)/t22-/m0/s1. The van der Waals surface area contributed by atoms with Gasteiger partial charge in [-0.3, -0.25) is 9.78 Å². The van der Waals surface area contributed by atoms with E-state index in [0.29, 0.717) is 24.5 Å². The molecule has 5 rings (SSSR count). The maximum Gasteiger partial charge on any atom is 0.410 e. The van der Waals surface area contributed by atoms with Crippen LogP contribution in [0.15, 0.2) is 48.7 Å². The quantitative estimate of drug-likeness (QED) is 0.423. The number of nitrogens with zero attached hydrogens (tertiary/aromatic N) is 2. The Hall–Kier alpha value is -3.61. The van der Waals surface area contributed by atoms with Gasteiger partial charge in [0.1, 0.15) is 18.0 Å². The zero-order valence-electron chi connectivity index (χ0n) is 23.0. The summed E-state index contributed by atoms with van der Waals surface area (Å²) in [5.74, 6) is 0.507. The lowest BCUT2D eigenvalue weighted by atomic mass is 9.95. The zero-order chi connectivity index (χ0) is 27.1. The number of rotatable bonds is 7. The minimum absolute atomic E-state index is 0.0362. The van der Waals surface area contributed by atoms with E-state index in [1.54, 1.807) is 11.0 Å². The first kappa shape index (κ1) is 26.0. The molecule has 1 saturated heterocycles. The zero-order valence-corrected chi connectivity index (χ0v) is 23.0. The van der Waals surface area contributed by atoms with Gasteiger partial charge >= 0.3 is 6.09 Å². The summed E-state index contributed by atoms with van der Waals surface area (Å²) in [6.07, 6.45) is 5.07. The van der Waals surface area contributed by atoms with Crippen molar-refractivity contribution in [2.45, 2.75) is 77.5 Å². The predicted molar refractivity (Wildman–Crippen MR) is 148 cm³/mol. The van der Waals surface area contributed by atoms with Crippen LogP contribution in [0.1, 0.15) is 74.0 Å². The first-order valence-corrected chi connectivity index (χ1v) is 13.5. The molecule has 2 aromatic carbocycles. The van der Waals surface area contributed by atoms with Crippen molar-refractivity contribution in [2.75, 3.05) is 13.2 Å². The summed E-state index contributed by atoms with van der Waals surface area (Å²) < 4.78 is 11.5. The molecule has 1 N–H and O–H groups in total. The van der Waals surface area contributed by atoms with Gasteiger partial charge in [0.15, 0.2) is 0 Å². The van der Waals surface area contributed by atoms with Crippen LogP contribution in [0.25, 0.3) is 10.9 Å². The lowest BCUT2D eigenvalue weighted by Crippen LogP contribution is -2.55. The molecular weight excluding hydrogens is 478 g/mol. The summed E-state index contributed by atoms with van der Waals surface area (Å²) >= 11 is 0. The van der Waals surface area contributed by atoms with Gasteiger partial charge in [-0.05, 0) is 94.3 Å².